The number of nitrogens with two attached hydrogens (primary N) is 1. The number of likely N-dealkylation sites (tertiary alicyclic amines) is 1. The molecule has 4 heteroatoms. The first-order chi connectivity index (χ1) is 9.68. The quantitative estimate of drug-likeness (QED) is 0.918. The van der Waals surface area contributed by atoms with E-state index in [1.54, 1.807) is 12.1 Å². The van der Waals surface area contributed by atoms with Gasteiger partial charge in [-0.05, 0) is 56.5 Å². The minimum atomic E-state index is -0.289. The van der Waals surface area contributed by atoms with Gasteiger partial charge in [-0.25, -0.2) is 4.39 Å². The lowest BCUT2D eigenvalue weighted by atomic mass is 9.72. The number of methoxy groups -OCH3 is 1. The smallest absolute Gasteiger partial charge is 0.165 e. The number of hydrogen-bond acceptors (Lipinski definition) is 3. The number of rotatable bonds is 4. The third-order valence-electron chi connectivity index (χ3n) is 4.97. The van der Waals surface area contributed by atoms with E-state index in [0.717, 1.165) is 37.5 Å². The van der Waals surface area contributed by atoms with Crippen molar-refractivity contribution in [2.45, 2.75) is 37.1 Å². The Morgan fingerprint density at radius 1 is 1.35 bits per heavy atom. The van der Waals surface area contributed by atoms with Gasteiger partial charge in [-0.1, -0.05) is 6.07 Å². The van der Waals surface area contributed by atoms with Crippen molar-refractivity contribution >= 4 is 0 Å². The zero-order valence-corrected chi connectivity index (χ0v) is 12.1. The standard InChI is InChI=1S/C16H23FN2O/c1-20-15-5-2-12(10-14(15)17)16(11-18)6-8-19(9-7-16)13-3-4-13/h2,5,10,13H,3-4,6-9,11,18H2,1H3. The third-order valence-corrected chi connectivity index (χ3v) is 4.97. The predicted octanol–water partition coefficient (Wildman–Crippen LogP) is 2.29. The summed E-state index contributed by atoms with van der Waals surface area (Å²) in [7, 11) is 1.49. The molecule has 0 amide bonds. The zero-order chi connectivity index (χ0) is 14.2. The van der Waals surface area contributed by atoms with Crippen LogP contribution >= 0.6 is 0 Å². The molecule has 20 heavy (non-hydrogen) atoms. The molecule has 3 rings (SSSR count). The molecule has 0 radical (unpaired) electrons. The topological polar surface area (TPSA) is 38.5 Å². The number of benzene rings is 1. The molecule has 0 unspecified atom stereocenters. The van der Waals surface area contributed by atoms with Crippen molar-refractivity contribution in [1.82, 2.24) is 4.90 Å². The fraction of sp³-hybridized carbons (Fsp3) is 0.625. The third kappa shape index (κ3) is 2.42. The van der Waals surface area contributed by atoms with Crippen molar-refractivity contribution in [2.24, 2.45) is 5.73 Å². The van der Waals surface area contributed by atoms with Crippen molar-refractivity contribution in [1.29, 1.82) is 0 Å². The van der Waals surface area contributed by atoms with E-state index < -0.39 is 0 Å². The van der Waals surface area contributed by atoms with Gasteiger partial charge in [0.1, 0.15) is 0 Å². The zero-order valence-electron chi connectivity index (χ0n) is 12.1. The Bertz CT molecular complexity index is 479. The van der Waals surface area contributed by atoms with Gasteiger partial charge in [0.15, 0.2) is 11.6 Å². The predicted molar refractivity (Wildman–Crippen MR) is 77.5 cm³/mol. The maximum atomic E-state index is 14.0. The van der Waals surface area contributed by atoms with Crippen LogP contribution in [-0.4, -0.2) is 37.7 Å². The van der Waals surface area contributed by atoms with E-state index in [9.17, 15) is 4.39 Å². The van der Waals surface area contributed by atoms with Crippen LogP contribution in [0.3, 0.4) is 0 Å². The fourth-order valence-electron chi connectivity index (χ4n) is 3.36. The second-order valence-corrected chi connectivity index (χ2v) is 6.10. The molecule has 1 aliphatic carbocycles. The SMILES string of the molecule is COc1ccc(C2(CN)CCN(C3CC3)CC2)cc1F. The van der Waals surface area contributed by atoms with Crippen molar-refractivity contribution in [3.63, 3.8) is 0 Å². The van der Waals surface area contributed by atoms with Gasteiger partial charge in [0.05, 0.1) is 7.11 Å². The highest BCUT2D eigenvalue weighted by Gasteiger charge is 2.39. The first-order valence-corrected chi connectivity index (χ1v) is 7.47. The molecule has 1 aliphatic heterocycles. The van der Waals surface area contributed by atoms with Crippen LogP contribution in [0.15, 0.2) is 18.2 Å². The van der Waals surface area contributed by atoms with Crippen molar-refractivity contribution in [3.8, 4) is 5.75 Å². The van der Waals surface area contributed by atoms with Gasteiger partial charge in [0.2, 0.25) is 0 Å². The fourth-order valence-corrected chi connectivity index (χ4v) is 3.36. The van der Waals surface area contributed by atoms with Crippen molar-refractivity contribution < 1.29 is 9.13 Å². The Morgan fingerprint density at radius 3 is 2.55 bits per heavy atom. The average Bonchev–Trinajstić information content (AvgIpc) is 3.32. The van der Waals surface area contributed by atoms with Gasteiger partial charge in [-0.2, -0.15) is 0 Å². The molecule has 1 aromatic carbocycles. The van der Waals surface area contributed by atoms with Gasteiger partial charge in [0, 0.05) is 18.0 Å². The lowest BCUT2D eigenvalue weighted by Crippen LogP contribution is -2.47. The average molecular weight is 278 g/mol. The number of piperidine rings is 1. The van der Waals surface area contributed by atoms with E-state index in [1.165, 1.54) is 20.0 Å². The molecular formula is C16H23FN2O. The summed E-state index contributed by atoms with van der Waals surface area (Å²) < 4.78 is 18.9. The van der Waals surface area contributed by atoms with Crippen LogP contribution in [-0.2, 0) is 5.41 Å². The van der Waals surface area contributed by atoms with Crippen molar-refractivity contribution in [3.05, 3.63) is 29.6 Å². The first kappa shape index (κ1) is 13.8. The lowest BCUT2D eigenvalue weighted by molar-refractivity contribution is 0.155. The van der Waals surface area contributed by atoms with Gasteiger partial charge < -0.3 is 15.4 Å². The molecular weight excluding hydrogens is 255 g/mol. The van der Waals surface area contributed by atoms with E-state index >= 15 is 0 Å². The Labute approximate surface area is 119 Å². The molecule has 3 nitrogen and oxygen atoms in total. The summed E-state index contributed by atoms with van der Waals surface area (Å²) in [5, 5.41) is 0. The van der Waals surface area contributed by atoms with Crippen LogP contribution in [0, 0.1) is 5.82 Å². The van der Waals surface area contributed by atoms with Gasteiger partial charge in [-0.15, -0.1) is 0 Å². The van der Waals surface area contributed by atoms with Gasteiger partial charge >= 0.3 is 0 Å². The molecule has 0 bridgehead atoms. The largest absolute Gasteiger partial charge is 0.494 e. The highest BCUT2D eigenvalue weighted by molar-refractivity contribution is 5.35. The summed E-state index contributed by atoms with van der Waals surface area (Å²) in [5.41, 5.74) is 7.01. The van der Waals surface area contributed by atoms with Crippen LogP contribution in [0.25, 0.3) is 0 Å². The summed E-state index contributed by atoms with van der Waals surface area (Å²) in [6, 6.07) is 6.11. The Balaban J connectivity index is 1.80. The molecule has 2 aliphatic rings. The number of ether oxygens (including phenoxy) is 1. The summed E-state index contributed by atoms with van der Waals surface area (Å²) in [6.07, 6.45) is 4.72. The van der Waals surface area contributed by atoms with Gasteiger partial charge in [0.25, 0.3) is 0 Å². The maximum Gasteiger partial charge on any atom is 0.165 e. The second-order valence-electron chi connectivity index (χ2n) is 6.10. The Kier molecular flexibility index (Phi) is 3.69. The molecule has 2 N–H and O–H groups in total. The van der Waals surface area contributed by atoms with Crippen LogP contribution in [0.1, 0.15) is 31.2 Å². The second kappa shape index (κ2) is 5.34. The number of hydrogen-bond donors (Lipinski definition) is 1. The van der Waals surface area contributed by atoms with Crippen LogP contribution in [0.2, 0.25) is 0 Å². The van der Waals surface area contributed by atoms with E-state index in [-0.39, 0.29) is 11.2 Å². The molecule has 1 heterocycles. The van der Waals surface area contributed by atoms with Crippen molar-refractivity contribution in [2.75, 3.05) is 26.7 Å². The highest BCUT2D eigenvalue weighted by Crippen LogP contribution is 2.39. The molecule has 2 fully saturated rings. The van der Waals surface area contributed by atoms with Crippen LogP contribution < -0.4 is 10.5 Å². The summed E-state index contributed by atoms with van der Waals surface area (Å²) in [6.45, 7) is 2.74. The number of halogens is 1. The molecule has 0 atom stereocenters. The maximum absolute atomic E-state index is 14.0. The lowest BCUT2D eigenvalue weighted by Gasteiger charge is -2.42. The van der Waals surface area contributed by atoms with E-state index in [4.69, 9.17) is 10.5 Å². The molecule has 0 aromatic heterocycles. The minimum Gasteiger partial charge on any atom is -0.494 e. The van der Waals surface area contributed by atoms with Gasteiger partial charge in [-0.3, -0.25) is 0 Å². The van der Waals surface area contributed by atoms with E-state index in [0.29, 0.717) is 12.3 Å². The van der Waals surface area contributed by atoms with Crippen LogP contribution in [0.4, 0.5) is 4.39 Å². The number of nitrogens with zero attached hydrogens (tertiary/aromatic N) is 1. The Hall–Kier alpha value is -1.13. The minimum absolute atomic E-state index is 0.0709. The van der Waals surface area contributed by atoms with E-state index in [1.807, 2.05) is 6.07 Å². The van der Waals surface area contributed by atoms with E-state index in [2.05, 4.69) is 4.90 Å². The monoisotopic (exact) mass is 278 g/mol. The summed E-state index contributed by atoms with van der Waals surface area (Å²) >= 11 is 0. The summed E-state index contributed by atoms with van der Waals surface area (Å²) in [4.78, 5) is 2.56. The summed E-state index contributed by atoms with van der Waals surface area (Å²) in [5.74, 6) is 0.0128. The first-order valence-electron chi connectivity index (χ1n) is 7.47. The molecule has 1 aromatic rings. The molecule has 0 spiro atoms. The normalized spacial score (nSPS) is 22.8. The Morgan fingerprint density at radius 2 is 2.05 bits per heavy atom. The van der Waals surface area contributed by atoms with Crippen LogP contribution in [0.5, 0.6) is 5.75 Å². The highest BCUT2D eigenvalue weighted by atomic mass is 19.1. The molecule has 1 saturated carbocycles. The molecule has 1 saturated heterocycles. The molecule has 110 valence electrons.